The highest BCUT2D eigenvalue weighted by Gasteiger charge is 2.39. The number of carbonyl (C=O) groups excluding carboxylic acids is 2. The SMILES string of the molecule is CS(=O)(=O)c1ccc(-c2ccc3c(c2)OCC[C@@H]2CC[C@H](O)[C@@H](CNC(=O)[C@@H]4C[C@@H](CN4Cc4ncccn4)NC3=O)O2)cc1. The van der Waals surface area contributed by atoms with Crippen LogP contribution in [0.15, 0.2) is 65.8 Å². The molecule has 12 nitrogen and oxygen atoms in total. The van der Waals surface area contributed by atoms with Gasteiger partial charge in [-0.05, 0) is 60.7 Å². The molecule has 1 aromatic heterocycles. The van der Waals surface area contributed by atoms with Crippen LogP contribution in [0.2, 0.25) is 0 Å². The number of aliphatic hydroxyl groups is 1. The maximum absolute atomic E-state index is 13.7. The molecule has 2 aromatic carbocycles. The molecule has 0 spiro atoms. The first kappa shape index (κ1) is 31.1. The summed E-state index contributed by atoms with van der Waals surface area (Å²) in [5.74, 6) is 0.425. The molecule has 2 fully saturated rings. The number of nitrogens with zero attached hydrogens (tertiary/aromatic N) is 3. The number of ether oxygens (including phenoxy) is 2. The predicted octanol–water partition coefficient (Wildman–Crippen LogP) is 1.73. The first-order valence-electron chi connectivity index (χ1n) is 15.1. The molecule has 6 rings (SSSR count). The molecular weight excluding hydrogens is 598 g/mol. The number of hydrogen-bond acceptors (Lipinski definition) is 10. The summed E-state index contributed by atoms with van der Waals surface area (Å²) in [5, 5.41) is 16.7. The number of fused-ring (bicyclic) bond motifs is 5. The van der Waals surface area contributed by atoms with E-state index in [0.717, 1.165) is 17.4 Å². The number of hydrogen-bond donors (Lipinski definition) is 3. The largest absolute Gasteiger partial charge is 0.493 e. The van der Waals surface area contributed by atoms with Gasteiger partial charge in [-0.3, -0.25) is 14.5 Å². The Labute approximate surface area is 262 Å². The fourth-order valence-corrected chi connectivity index (χ4v) is 6.81. The third kappa shape index (κ3) is 7.33. The number of benzene rings is 2. The Bertz CT molecular complexity index is 1640. The Morgan fingerprint density at radius 3 is 2.53 bits per heavy atom. The van der Waals surface area contributed by atoms with Crippen LogP contribution < -0.4 is 15.4 Å². The number of rotatable bonds is 4. The van der Waals surface area contributed by atoms with Gasteiger partial charge in [0, 0.05) is 44.2 Å². The molecule has 3 aliphatic heterocycles. The molecule has 0 aliphatic carbocycles. The summed E-state index contributed by atoms with van der Waals surface area (Å²) in [7, 11) is -3.34. The van der Waals surface area contributed by atoms with Crippen molar-refractivity contribution in [3.8, 4) is 16.9 Å². The number of likely N-dealkylation sites (tertiary alicyclic amines) is 1. The molecule has 3 N–H and O–H groups in total. The van der Waals surface area contributed by atoms with Gasteiger partial charge < -0.3 is 25.2 Å². The van der Waals surface area contributed by atoms with Gasteiger partial charge in [0.2, 0.25) is 5.91 Å². The van der Waals surface area contributed by atoms with Crippen LogP contribution in [0.25, 0.3) is 11.1 Å². The first-order valence-corrected chi connectivity index (χ1v) is 17.0. The normalized spacial score (nSPS) is 26.3. The van der Waals surface area contributed by atoms with Crippen molar-refractivity contribution in [3.63, 3.8) is 0 Å². The lowest BCUT2D eigenvalue weighted by Crippen LogP contribution is -2.50. The molecule has 13 heteroatoms. The maximum atomic E-state index is 13.7. The second-order valence-corrected chi connectivity index (χ2v) is 13.9. The molecule has 5 atom stereocenters. The summed E-state index contributed by atoms with van der Waals surface area (Å²) in [6, 6.07) is 12.7. The van der Waals surface area contributed by atoms with Gasteiger partial charge in [-0.25, -0.2) is 18.4 Å². The number of nitrogens with one attached hydrogen (secondary N) is 2. The van der Waals surface area contributed by atoms with Crippen LogP contribution in [0.1, 0.15) is 41.9 Å². The number of aliphatic hydroxyl groups excluding tert-OH is 1. The van der Waals surface area contributed by atoms with E-state index in [9.17, 15) is 23.1 Å². The van der Waals surface area contributed by atoms with E-state index in [2.05, 4.69) is 20.6 Å². The number of aromatic nitrogens is 2. The third-order valence-electron chi connectivity index (χ3n) is 8.60. The molecule has 2 amide bonds. The van der Waals surface area contributed by atoms with Gasteiger partial charge in [0.15, 0.2) is 9.84 Å². The first-order chi connectivity index (χ1) is 21.6. The van der Waals surface area contributed by atoms with Crippen LogP contribution in [0.4, 0.5) is 0 Å². The third-order valence-corrected chi connectivity index (χ3v) is 9.73. The molecule has 0 saturated carbocycles. The van der Waals surface area contributed by atoms with E-state index in [1.807, 2.05) is 4.90 Å². The number of carbonyl (C=O) groups is 2. The fourth-order valence-electron chi connectivity index (χ4n) is 6.18. The van der Waals surface area contributed by atoms with Crippen LogP contribution in [-0.4, -0.2) is 96.6 Å². The predicted molar refractivity (Wildman–Crippen MR) is 164 cm³/mol. The van der Waals surface area contributed by atoms with Gasteiger partial charge in [-0.1, -0.05) is 18.2 Å². The molecule has 45 heavy (non-hydrogen) atoms. The molecular formula is C32H37N5O7S. The van der Waals surface area contributed by atoms with E-state index in [1.165, 1.54) is 0 Å². The van der Waals surface area contributed by atoms with Gasteiger partial charge in [0.25, 0.3) is 5.91 Å². The van der Waals surface area contributed by atoms with Gasteiger partial charge in [-0.15, -0.1) is 0 Å². The second kappa shape index (κ2) is 13.2. The van der Waals surface area contributed by atoms with Crippen LogP contribution in [0.3, 0.4) is 0 Å². The molecule has 238 valence electrons. The number of sulfone groups is 1. The smallest absolute Gasteiger partial charge is 0.255 e. The Morgan fingerprint density at radius 1 is 1.02 bits per heavy atom. The van der Waals surface area contributed by atoms with E-state index in [0.29, 0.717) is 55.9 Å². The van der Waals surface area contributed by atoms with Gasteiger partial charge in [-0.2, -0.15) is 0 Å². The molecule has 0 radical (unpaired) electrons. The van der Waals surface area contributed by atoms with Gasteiger partial charge >= 0.3 is 0 Å². The zero-order valence-electron chi connectivity index (χ0n) is 25.0. The summed E-state index contributed by atoms with van der Waals surface area (Å²) in [6.07, 6.45) is 5.14. The molecule has 4 heterocycles. The lowest BCUT2D eigenvalue weighted by atomic mass is 9.99. The van der Waals surface area contributed by atoms with Crippen LogP contribution in [0.5, 0.6) is 5.75 Å². The minimum atomic E-state index is -3.34. The quantitative estimate of drug-likeness (QED) is 0.385. The Balaban J connectivity index is 1.29. The van der Waals surface area contributed by atoms with Crippen molar-refractivity contribution >= 4 is 21.7 Å². The van der Waals surface area contributed by atoms with Crippen molar-refractivity contribution in [2.45, 2.75) is 67.5 Å². The lowest BCUT2D eigenvalue weighted by molar-refractivity contribution is -0.133. The van der Waals surface area contributed by atoms with E-state index >= 15 is 0 Å². The fraction of sp³-hybridized carbons (Fsp3) is 0.438. The summed E-state index contributed by atoms with van der Waals surface area (Å²) < 4.78 is 36.3. The van der Waals surface area contributed by atoms with E-state index in [1.54, 1.807) is 60.9 Å². The second-order valence-electron chi connectivity index (χ2n) is 11.8. The highest BCUT2D eigenvalue weighted by atomic mass is 32.2. The highest BCUT2D eigenvalue weighted by Crippen LogP contribution is 2.30. The summed E-state index contributed by atoms with van der Waals surface area (Å²) in [5.41, 5.74) is 1.89. The molecule has 4 bridgehead atoms. The van der Waals surface area contributed by atoms with Crippen molar-refractivity contribution in [2.75, 3.05) is 26.0 Å². The topological polar surface area (TPSA) is 160 Å². The van der Waals surface area contributed by atoms with Crippen LogP contribution in [-0.2, 0) is 25.9 Å². The van der Waals surface area contributed by atoms with Gasteiger partial charge in [0.1, 0.15) is 17.7 Å². The Kier molecular flexibility index (Phi) is 9.13. The molecule has 2 saturated heterocycles. The average molecular weight is 636 g/mol. The summed E-state index contributed by atoms with van der Waals surface area (Å²) in [4.78, 5) is 38.0. The molecule has 0 unspecified atom stereocenters. The maximum Gasteiger partial charge on any atom is 0.255 e. The van der Waals surface area contributed by atoms with Crippen molar-refractivity contribution in [2.24, 2.45) is 0 Å². The van der Waals surface area contributed by atoms with Crippen LogP contribution >= 0.6 is 0 Å². The van der Waals surface area contributed by atoms with E-state index in [4.69, 9.17) is 9.47 Å². The summed E-state index contributed by atoms with van der Waals surface area (Å²) >= 11 is 0. The Morgan fingerprint density at radius 2 is 1.78 bits per heavy atom. The minimum absolute atomic E-state index is 0.172. The van der Waals surface area contributed by atoms with E-state index in [-0.39, 0.29) is 42.0 Å². The zero-order chi connectivity index (χ0) is 31.6. The minimum Gasteiger partial charge on any atom is -0.493 e. The molecule has 3 aromatic rings. The van der Waals surface area contributed by atoms with Crippen molar-refractivity contribution in [1.82, 2.24) is 25.5 Å². The van der Waals surface area contributed by atoms with Gasteiger partial charge in [0.05, 0.1) is 41.9 Å². The average Bonchev–Trinajstić information content (AvgIpc) is 3.42. The van der Waals surface area contributed by atoms with E-state index < -0.39 is 28.1 Å². The number of amides is 2. The zero-order valence-corrected chi connectivity index (χ0v) is 25.8. The summed E-state index contributed by atoms with van der Waals surface area (Å²) in [6.45, 7) is 1.18. The van der Waals surface area contributed by atoms with Crippen molar-refractivity contribution < 1.29 is 32.6 Å². The van der Waals surface area contributed by atoms with Crippen molar-refractivity contribution in [3.05, 3.63) is 72.3 Å². The highest BCUT2D eigenvalue weighted by molar-refractivity contribution is 7.90. The Hall–Kier alpha value is -3.91. The van der Waals surface area contributed by atoms with Crippen molar-refractivity contribution in [1.29, 1.82) is 0 Å². The standard InChI is InChI=1S/C32H37N5O7S/c1-45(41,42)24-7-3-20(4-8-24)21-5-9-25-28(15-21)43-14-11-23-6-10-27(38)29(44-23)17-35-32(40)26-16-22(36-31(25)39)18-37(26)19-30-33-12-2-13-34-30/h2-5,7-9,12-13,15,22-23,26-27,29,38H,6,10-11,14,16-19H2,1H3,(H,35,40)(H,36,39)/t22-,23-,26-,27-,29+/m0/s1. The van der Waals surface area contributed by atoms with Crippen LogP contribution in [0, 0.1) is 0 Å². The lowest BCUT2D eigenvalue weighted by Gasteiger charge is -2.34. The molecule has 3 aliphatic rings. The monoisotopic (exact) mass is 635 g/mol.